The Bertz CT molecular complexity index is 826. The van der Waals surface area contributed by atoms with Gasteiger partial charge in [-0.05, 0) is 35.5 Å². The van der Waals surface area contributed by atoms with Gasteiger partial charge >= 0.3 is 0 Å². The predicted octanol–water partition coefficient (Wildman–Crippen LogP) is 5.16. The molecule has 1 heterocycles. The Hall–Kier alpha value is -2.10. The summed E-state index contributed by atoms with van der Waals surface area (Å²) >= 11 is 12.1. The third kappa shape index (κ3) is 2.58. The SMILES string of the molecule is C=CNc1ncnc2cccc(-c3ccc(Cl)c(Cl)c3)c12. The van der Waals surface area contributed by atoms with Gasteiger partial charge in [-0.15, -0.1) is 0 Å². The molecule has 0 spiro atoms. The van der Waals surface area contributed by atoms with Crippen LogP contribution in [0, 0.1) is 0 Å². The van der Waals surface area contributed by atoms with E-state index in [9.17, 15) is 0 Å². The molecule has 104 valence electrons. The fourth-order valence-electron chi connectivity index (χ4n) is 2.22. The van der Waals surface area contributed by atoms with Gasteiger partial charge in [0.25, 0.3) is 0 Å². The Balaban J connectivity index is 2.31. The number of rotatable bonds is 3. The fourth-order valence-corrected chi connectivity index (χ4v) is 2.52. The molecule has 0 bridgehead atoms. The van der Waals surface area contributed by atoms with Gasteiger partial charge in [0.1, 0.15) is 12.1 Å². The molecule has 0 aliphatic heterocycles. The number of hydrogen-bond donors (Lipinski definition) is 1. The summed E-state index contributed by atoms with van der Waals surface area (Å²) in [4.78, 5) is 8.58. The quantitative estimate of drug-likeness (QED) is 0.725. The van der Waals surface area contributed by atoms with Crippen molar-refractivity contribution in [3.8, 4) is 11.1 Å². The highest BCUT2D eigenvalue weighted by atomic mass is 35.5. The van der Waals surface area contributed by atoms with Crippen LogP contribution in [0.5, 0.6) is 0 Å². The van der Waals surface area contributed by atoms with E-state index in [2.05, 4.69) is 21.9 Å². The van der Waals surface area contributed by atoms with Crippen molar-refractivity contribution in [1.82, 2.24) is 9.97 Å². The van der Waals surface area contributed by atoms with Gasteiger partial charge in [-0.2, -0.15) is 0 Å². The third-order valence-corrected chi connectivity index (χ3v) is 3.87. The van der Waals surface area contributed by atoms with E-state index in [0.29, 0.717) is 15.9 Å². The summed E-state index contributed by atoms with van der Waals surface area (Å²) in [6.07, 6.45) is 3.11. The summed E-state index contributed by atoms with van der Waals surface area (Å²) in [5.41, 5.74) is 2.78. The molecule has 2 aromatic carbocycles. The molecule has 3 rings (SSSR count). The first-order valence-corrected chi connectivity index (χ1v) is 7.03. The van der Waals surface area contributed by atoms with Crippen molar-refractivity contribution < 1.29 is 0 Å². The molecule has 21 heavy (non-hydrogen) atoms. The second kappa shape index (κ2) is 5.72. The Morgan fingerprint density at radius 2 is 1.90 bits per heavy atom. The van der Waals surface area contributed by atoms with Gasteiger partial charge in [0, 0.05) is 0 Å². The van der Waals surface area contributed by atoms with Crippen LogP contribution >= 0.6 is 23.2 Å². The minimum atomic E-state index is 0.515. The van der Waals surface area contributed by atoms with Crippen molar-refractivity contribution in [1.29, 1.82) is 0 Å². The fraction of sp³-hybridized carbons (Fsp3) is 0. The molecular weight excluding hydrogens is 305 g/mol. The molecule has 0 aliphatic carbocycles. The van der Waals surface area contributed by atoms with Crippen LogP contribution in [0.1, 0.15) is 0 Å². The molecule has 1 N–H and O–H groups in total. The zero-order valence-corrected chi connectivity index (χ0v) is 12.5. The highest BCUT2D eigenvalue weighted by Gasteiger charge is 2.10. The van der Waals surface area contributed by atoms with E-state index in [1.165, 1.54) is 6.33 Å². The molecule has 0 aliphatic rings. The largest absolute Gasteiger partial charge is 0.347 e. The summed E-state index contributed by atoms with van der Waals surface area (Å²) < 4.78 is 0. The molecule has 3 aromatic rings. The van der Waals surface area contributed by atoms with Crippen molar-refractivity contribution in [3.63, 3.8) is 0 Å². The topological polar surface area (TPSA) is 37.8 Å². The van der Waals surface area contributed by atoms with Gasteiger partial charge in [-0.1, -0.05) is 48.0 Å². The van der Waals surface area contributed by atoms with E-state index in [4.69, 9.17) is 23.2 Å². The van der Waals surface area contributed by atoms with E-state index < -0.39 is 0 Å². The first kappa shape index (κ1) is 13.9. The molecule has 1 aromatic heterocycles. The highest BCUT2D eigenvalue weighted by Crippen LogP contribution is 2.34. The van der Waals surface area contributed by atoms with Crippen LogP contribution in [-0.2, 0) is 0 Å². The van der Waals surface area contributed by atoms with Crippen LogP contribution in [0.2, 0.25) is 10.0 Å². The Kier molecular flexibility index (Phi) is 3.78. The van der Waals surface area contributed by atoms with Crippen LogP contribution in [0.15, 0.2) is 55.5 Å². The second-order valence-electron chi connectivity index (χ2n) is 4.40. The first-order chi connectivity index (χ1) is 10.2. The molecule has 0 radical (unpaired) electrons. The van der Waals surface area contributed by atoms with Crippen LogP contribution < -0.4 is 5.32 Å². The zero-order valence-electron chi connectivity index (χ0n) is 11.0. The maximum absolute atomic E-state index is 6.12. The lowest BCUT2D eigenvalue weighted by atomic mass is 10.0. The average Bonchev–Trinajstić information content (AvgIpc) is 2.50. The Morgan fingerprint density at radius 3 is 2.67 bits per heavy atom. The van der Waals surface area contributed by atoms with Crippen LogP contribution in [0.4, 0.5) is 5.82 Å². The highest BCUT2D eigenvalue weighted by molar-refractivity contribution is 6.42. The lowest BCUT2D eigenvalue weighted by molar-refractivity contribution is 1.22. The Labute approximate surface area is 132 Å². The van der Waals surface area contributed by atoms with Crippen molar-refractivity contribution >= 4 is 39.9 Å². The monoisotopic (exact) mass is 315 g/mol. The number of nitrogens with zero attached hydrogens (tertiary/aromatic N) is 2. The molecule has 0 atom stereocenters. The maximum atomic E-state index is 6.12. The van der Waals surface area contributed by atoms with E-state index >= 15 is 0 Å². The second-order valence-corrected chi connectivity index (χ2v) is 5.21. The van der Waals surface area contributed by atoms with E-state index in [1.807, 2.05) is 30.3 Å². The minimum Gasteiger partial charge on any atom is -0.347 e. The van der Waals surface area contributed by atoms with E-state index in [1.54, 1.807) is 12.3 Å². The van der Waals surface area contributed by atoms with Crippen LogP contribution in [-0.4, -0.2) is 9.97 Å². The van der Waals surface area contributed by atoms with Gasteiger partial charge in [0.05, 0.1) is 20.9 Å². The number of anilines is 1. The number of benzene rings is 2. The predicted molar refractivity (Wildman–Crippen MR) is 88.8 cm³/mol. The van der Waals surface area contributed by atoms with Crippen molar-refractivity contribution in [2.75, 3.05) is 5.32 Å². The Morgan fingerprint density at radius 1 is 1.05 bits per heavy atom. The molecule has 3 nitrogen and oxygen atoms in total. The van der Waals surface area contributed by atoms with Gasteiger partial charge in [0.2, 0.25) is 0 Å². The number of halogens is 2. The minimum absolute atomic E-state index is 0.515. The van der Waals surface area contributed by atoms with Crippen molar-refractivity contribution in [2.45, 2.75) is 0 Å². The molecule has 0 amide bonds. The third-order valence-electron chi connectivity index (χ3n) is 3.13. The summed E-state index contributed by atoms with van der Waals surface area (Å²) in [6, 6.07) is 11.4. The molecular formula is C16H11Cl2N3. The van der Waals surface area contributed by atoms with Gasteiger partial charge in [-0.3, -0.25) is 0 Å². The molecule has 0 fully saturated rings. The summed E-state index contributed by atoms with van der Waals surface area (Å²) in [6.45, 7) is 3.68. The zero-order chi connectivity index (χ0) is 14.8. The number of hydrogen-bond acceptors (Lipinski definition) is 3. The smallest absolute Gasteiger partial charge is 0.141 e. The van der Waals surface area contributed by atoms with Crippen molar-refractivity contribution in [2.24, 2.45) is 0 Å². The van der Waals surface area contributed by atoms with Gasteiger partial charge in [0.15, 0.2) is 0 Å². The molecule has 5 heteroatoms. The average molecular weight is 316 g/mol. The first-order valence-electron chi connectivity index (χ1n) is 6.27. The number of fused-ring (bicyclic) bond motifs is 1. The summed E-state index contributed by atoms with van der Waals surface area (Å²) in [7, 11) is 0. The lowest BCUT2D eigenvalue weighted by Gasteiger charge is -2.10. The summed E-state index contributed by atoms with van der Waals surface area (Å²) in [5, 5.41) is 5.00. The van der Waals surface area contributed by atoms with E-state index in [0.717, 1.165) is 22.0 Å². The number of aromatic nitrogens is 2. The van der Waals surface area contributed by atoms with Gasteiger partial charge in [-0.25, -0.2) is 9.97 Å². The lowest BCUT2D eigenvalue weighted by Crippen LogP contribution is -1.95. The van der Waals surface area contributed by atoms with Crippen LogP contribution in [0.25, 0.3) is 22.0 Å². The van der Waals surface area contributed by atoms with E-state index in [-0.39, 0.29) is 0 Å². The number of nitrogens with one attached hydrogen (secondary N) is 1. The molecule has 0 saturated carbocycles. The van der Waals surface area contributed by atoms with Crippen molar-refractivity contribution in [3.05, 3.63) is 65.5 Å². The summed E-state index contributed by atoms with van der Waals surface area (Å²) in [5.74, 6) is 0.705. The molecule has 0 saturated heterocycles. The maximum Gasteiger partial charge on any atom is 0.141 e. The van der Waals surface area contributed by atoms with Gasteiger partial charge < -0.3 is 5.32 Å². The molecule has 0 unspecified atom stereocenters. The van der Waals surface area contributed by atoms with Crippen LogP contribution in [0.3, 0.4) is 0 Å². The normalized spacial score (nSPS) is 10.6. The standard InChI is InChI=1S/C16H11Cl2N3/c1-2-19-16-15-11(4-3-5-14(15)20-9-21-16)10-6-7-12(17)13(18)8-10/h2-9H,1H2,(H,19,20,21).